The molecule has 0 atom stereocenters. The van der Waals surface area contributed by atoms with Gasteiger partial charge in [0.25, 0.3) is 0 Å². The van der Waals surface area contributed by atoms with Gasteiger partial charge in [0, 0.05) is 10.9 Å². The normalized spacial score (nSPS) is 20.1. The molecule has 114 valence electrons. The molecular weight excluding hydrogens is 322 g/mol. The first kappa shape index (κ1) is 15.9. The van der Waals surface area contributed by atoms with Crippen LogP contribution in [0, 0.1) is 6.92 Å². The lowest BCUT2D eigenvalue weighted by Crippen LogP contribution is -2.40. The van der Waals surface area contributed by atoms with Crippen LogP contribution in [0.15, 0.2) is 10.3 Å². The lowest BCUT2D eigenvalue weighted by Gasteiger charge is -2.22. The van der Waals surface area contributed by atoms with Crippen LogP contribution in [0.2, 0.25) is 0 Å². The molecule has 1 saturated heterocycles. The molecule has 2 N–H and O–H groups in total. The van der Waals surface area contributed by atoms with E-state index >= 15 is 0 Å². The molecule has 1 aromatic heterocycles. The van der Waals surface area contributed by atoms with Crippen molar-refractivity contribution in [1.82, 2.24) is 4.72 Å². The number of sulfone groups is 1. The number of aryl methyl sites for hydroxylation is 1. The van der Waals surface area contributed by atoms with Gasteiger partial charge in [-0.3, -0.25) is 0 Å². The van der Waals surface area contributed by atoms with Crippen molar-refractivity contribution in [3.05, 3.63) is 16.5 Å². The standard InChI is InChI=1S/C11H17NO5S3/c1-8-6-11(18-10(8)7-13)20(16,17)12-9-2-4-19(14,15)5-3-9/h6,9,12-13H,2-5,7H2,1H3. The molecule has 0 aromatic carbocycles. The average Bonchev–Trinajstić information content (AvgIpc) is 2.74. The Hall–Kier alpha value is -0.480. The fraction of sp³-hybridized carbons (Fsp3) is 0.636. The van der Waals surface area contributed by atoms with Crippen LogP contribution < -0.4 is 4.72 Å². The third kappa shape index (κ3) is 3.59. The van der Waals surface area contributed by atoms with Crippen molar-refractivity contribution < 1.29 is 21.9 Å². The second kappa shape index (κ2) is 5.72. The van der Waals surface area contributed by atoms with E-state index in [0.717, 1.165) is 16.9 Å². The van der Waals surface area contributed by atoms with Gasteiger partial charge in [-0.05, 0) is 31.4 Å². The summed E-state index contributed by atoms with van der Waals surface area (Å²) in [4.78, 5) is 0.622. The lowest BCUT2D eigenvalue weighted by molar-refractivity contribution is 0.285. The molecule has 0 spiro atoms. The summed E-state index contributed by atoms with van der Waals surface area (Å²) in [6, 6.07) is 1.18. The molecule has 1 fully saturated rings. The van der Waals surface area contributed by atoms with Crippen molar-refractivity contribution in [2.45, 2.75) is 36.6 Å². The quantitative estimate of drug-likeness (QED) is 0.827. The number of thiophene rings is 1. The number of sulfonamides is 1. The zero-order valence-corrected chi connectivity index (χ0v) is 13.4. The van der Waals surface area contributed by atoms with E-state index in [1.807, 2.05) is 0 Å². The maximum atomic E-state index is 12.2. The Balaban J connectivity index is 2.11. The molecule has 0 aliphatic carbocycles. The summed E-state index contributed by atoms with van der Waals surface area (Å²) >= 11 is 1.04. The number of rotatable bonds is 4. The van der Waals surface area contributed by atoms with Gasteiger partial charge in [-0.25, -0.2) is 21.6 Å². The second-order valence-electron chi connectivity index (χ2n) is 4.88. The highest BCUT2D eigenvalue weighted by Gasteiger charge is 2.28. The van der Waals surface area contributed by atoms with Gasteiger partial charge in [0.1, 0.15) is 14.0 Å². The number of hydrogen-bond acceptors (Lipinski definition) is 6. The highest BCUT2D eigenvalue weighted by atomic mass is 32.2. The van der Waals surface area contributed by atoms with Crippen molar-refractivity contribution in [1.29, 1.82) is 0 Å². The average molecular weight is 339 g/mol. The van der Waals surface area contributed by atoms with E-state index in [4.69, 9.17) is 5.11 Å². The smallest absolute Gasteiger partial charge is 0.250 e. The van der Waals surface area contributed by atoms with E-state index in [1.54, 1.807) is 6.92 Å². The zero-order valence-electron chi connectivity index (χ0n) is 11.0. The summed E-state index contributed by atoms with van der Waals surface area (Å²) in [6.45, 7) is 1.56. The van der Waals surface area contributed by atoms with Gasteiger partial charge in [-0.2, -0.15) is 0 Å². The predicted octanol–water partition coefficient (Wildman–Crippen LogP) is 0.404. The highest BCUT2D eigenvalue weighted by molar-refractivity contribution is 7.92. The molecule has 0 radical (unpaired) electrons. The number of aliphatic hydroxyl groups excluding tert-OH is 1. The molecule has 0 unspecified atom stereocenters. The predicted molar refractivity (Wildman–Crippen MR) is 77.0 cm³/mol. The van der Waals surface area contributed by atoms with Crippen LogP contribution >= 0.6 is 11.3 Å². The molecular formula is C11H17NO5S3. The number of nitrogens with one attached hydrogen (secondary N) is 1. The fourth-order valence-electron chi connectivity index (χ4n) is 2.06. The van der Waals surface area contributed by atoms with Crippen LogP contribution in [0.25, 0.3) is 0 Å². The first-order chi connectivity index (χ1) is 9.23. The van der Waals surface area contributed by atoms with Crippen LogP contribution in [-0.4, -0.2) is 39.5 Å². The third-order valence-electron chi connectivity index (χ3n) is 3.28. The molecule has 1 aromatic rings. The summed E-state index contributed by atoms with van der Waals surface area (Å²) in [5, 5.41) is 9.11. The van der Waals surface area contributed by atoms with Crippen LogP contribution in [-0.2, 0) is 26.5 Å². The summed E-state index contributed by atoms with van der Waals surface area (Å²) in [7, 11) is -6.65. The number of aliphatic hydroxyl groups is 1. The summed E-state index contributed by atoms with van der Waals surface area (Å²) in [5.41, 5.74) is 0.740. The highest BCUT2D eigenvalue weighted by Crippen LogP contribution is 2.26. The van der Waals surface area contributed by atoms with Crippen molar-refractivity contribution in [2.24, 2.45) is 0 Å². The van der Waals surface area contributed by atoms with Gasteiger partial charge in [0.15, 0.2) is 0 Å². The Labute approximate surface area is 122 Å². The first-order valence-corrected chi connectivity index (χ1v) is 10.3. The van der Waals surface area contributed by atoms with E-state index in [0.29, 0.717) is 17.7 Å². The summed E-state index contributed by atoms with van der Waals surface area (Å²) in [6.07, 6.45) is 0.609. The molecule has 1 aliphatic heterocycles. The molecule has 0 bridgehead atoms. The van der Waals surface area contributed by atoms with Crippen LogP contribution in [0.1, 0.15) is 23.3 Å². The Morgan fingerprint density at radius 1 is 1.40 bits per heavy atom. The fourth-order valence-corrected chi connectivity index (χ4v) is 6.33. The third-order valence-corrected chi connectivity index (χ3v) is 8.21. The topological polar surface area (TPSA) is 101 Å². The van der Waals surface area contributed by atoms with Gasteiger partial charge < -0.3 is 5.11 Å². The minimum absolute atomic E-state index is 0.0194. The second-order valence-corrected chi connectivity index (χ2v) is 10.3. The lowest BCUT2D eigenvalue weighted by atomic mass is 10.2. The van der Waals surface area contributed by atoms with E-state index < -0.39 is 19.9 Å². The van der Waals surface area contributed by atoms with Crippen molar-refractivity contribution >= 4 is 31.2 Å². The van der Waals surface area contributed by atoms with E-state index in [9.17, 15) is 16.8 Å². The summed E-state index contributed by atoms with van der Waals surface area (Å²) in [5.74, 6) is 0.0388. The van der Waals surface area contributed by atoms with Crippen molar-refractivity contribution in [3.8, 4) is 0 Å². The Morgan fingerprint density at radius 3 is 2.50 bits per heavy atom. The Bertz CT molecular complexity index is 676. The minimum atomic E-state index is -3.65. The maximum Gasteiger partial charge on any atom is 0.250 e. The molecule has 0 amide bonds. The Kier molecular flexibility index (Phi) is 4.55. The largest absolute Gasteiger partial charge is 0.391 e. The first-order valence-electron chi connectivity index (χ1n) is 6.16. The zero-order chi connectivity index (χ0) is 15.0. The van der Waals surface area contributed by atoms with Gasteiger partial charge in [-0.1, -0.05) is 0 Å². The van der Waals surface area contributed by atoms with Gasteiger partial charge in [-0.15, -0.1) is 11.3 Å². The van der Waals surface area contributed by atoms with Crippen LogP contribution in [0.4, 0.5) is 0 Å². The van der Waals surface area contributed by atoms with Crippen LogP contribution in [0.3, 0.4) is 0 Å². The minimum Gasteiger partial charge on any atom is -0.391 e. The van der Waals surface area contributed by atoms with E-state index in [-0.39, 0.29) is 28.4 Å². The molecule has 2 rings (SSSR count). The molecule has 1 aliphatic rings. The van der Waals surface area contributed by atoms with E-state index in [2.05, 4.69) is 4.72 Å². The molecule has 20 heavy (non-hydrogen) atoms. The van der Waals surface area contributed by atoms with Gasteiger partial charge in [0.2, 0.25) is 10.0 Å². The summed E-state index contributed by atoms with van der Waals surface area (Å²) < 4.78 is 49.8. The van der Waals surface area contributed by atoms with Crippen LogP contribution in [0.5, 0.6) is 0 Å². The molecule has 6 nitrogen and oxygen atoms in total. The SMILES string of the molecule is Cc1cc(S(=O)(=O)NC2CCS(=O)(=O)CC2)sc1CO. The van der Waals surface area contributed by atoms with Crippen molar-refractivity contribution in [2.75, 3.05) is 11.5 Å². The molecule has 0 saturated carbocycles. The monoisotopic (exact) mass is 339 g/mol. The Morgan fingerprint density at radius 2 is 2.00 bits per heavy atom. The van der Waals surface area contributed by atoms with E-state index in [1.165, 1.54) is 6.07 Å². The molecule has 2 heterocycles. The van der Waals surface area contributed by atoms with Crippen molar-refractivity contribution in [3.63, 3.8) is 0 Å². The van der Waals surface area contributed by atoms with Gasteiger partial charge >= 0.3 is 0 Å². The maximum absolute atomic E-state index is 12.2. The molecule has 9 heteroatoms. The number of hydrogen-bond donors (Lipinski definition) is 2. The van der Waals surface area contributed by atoms with Gasteiger partial charge in [0.05, 0.1) is 18.1 Å².